The quantitative estimate of drug-likeness (QED) is 0.859. The van der Waals surface area contributed by atoms with Crippen LogP contribution in [0.15, 0.2) is 35.2 Å². The van der Waals surface area contributed by atoms with Crippen molar-refractivity contribution in [3.63, 3.8) is 0 Å². The number of furan rings is 1. The second-order valence-corrected chi connectivity index (χ2v) is 5.27. The standard InChI is InChI=1S/C15H19N3O2/c1-17-11-12(10-16-17)14-5-2-8-18(14)15(19)7-6-13-4-3-9-20-13/h3-4,9-11,14H,2,5-8H2,1H3/t14-/m0/s1. The van der Waals surface area contributed by atoms with E-state index in [4.69, 9.17) is 4.42 Å². The van der Waals surface area contributed by atoms with Crippen LogP contribution in [-0.4, -0.2) is 27.1 Å². The first-order chi connectivity index (χ1) is 9.74. The van der Waals surface area contributed by atoms with Gasteiger partial charge in [-0.2, -0.15) is 5.10 Å². The number of amides is 1. The van der Waals surface area contributed by atoms with Gasteiger partial charge in [-0.25, -0.2) is 0 Å². The number of rotatable bonds is 4. The lowest BCUT2D eigenvalue weighted by atomic mass is 10.1. The molecule has 5 heteroatoms. The number of hydrogen-bond acceptors (Lipinski definition) is 3. The third kappa shape index (κ3) is 2.61. The molecule has 1 atom stereocenters. The molecule has 0 aromatic carbocycles. The summed E-state index contributed by atoms with van der Waals surface area (Å²) < 4.78 is 7.07. The summed E-state index contributed by atoms with van der Waals surface area (Å²) in [7, 11) is 1.90. The average molecular weight is 273 g/mol. The molecule has 1 aliphatic heterocycles. The molecule has 3 heterocycles. The SMILES string of the molecule is Cn1cc([C@@H]2CCCN2C(=O)CCc2ccco2)cn1. The monoisotopic (exact) mass is 273 g/mol. The van der Waals surface area contributed by atoms with Crippen LogP contribution >= 0.6 is 0 Å². The lowest BCUT2D eigenvalue weighted by Gasteiger charge is -2.23. The van der Waals surface area contributed by atoms with E-state index in [0.717, 1.165) is 30.7 Å². The molecule has 0 unspecified atom stereocenters. The molecule has 2 aromatic rings. The number of aryl methyl sites for hydroxylation is 2. The van der Waals surface area contributed by atoms with E-state index >= 15 is 0 Å². The van der Waals surface area contributed by atoms with E-state index in [1.807, 2.05) is 36.5 Å². The minimum Gasteiger partial charge on any atom is -0.469 e. The maximum absolute atomic E-state index is 12.4. The molecular weight excluding hydrogens is 254 g/mol. The van der Waals surface area contributed by atoms with Crippen LogP contribution in [0.2, 0.25) is 0 Å². The Morgan fingerprint density at radius 2 is 2.45 bits per heavy atom. The molecule has 1 amide bonds. The third-order valence-corrected chi connectivity index (χ3v) is 3.85. The van der Waals surface area contributed by atoms with E-state index in [-0.39, 0.29) is 11.9 Å². The van der Waals surface area contributed by atoms with E-state index in [0.29, 0.717) is 12.8 Å². The van der Waals surface area contributed by atoms with Gasteiger partial charge in [0.15, 0.2) is 0 Å². The Bertz CT molecular complexity index is 574. The highest BCUT2D eigenvalue weighted by Gasteiger charge is 2.30. The van der Waals surface area contributed by atoms with Crippen LogP contribution in [0.3, 0.4) is 0 Å². The van der Waals surface area contributed by atoms with Crippen molar-refractivity contribution in [2.24, 2.45) is 7.05 Å². The maximum atomic E-state index is 12.4. The molecule has 0 bridgehead atoms. The number of carbonyl (C=O) groups excluding carboxylic acids is 1. The minimum absolute atomic E-state index is 0.188. The van der Waals surface area contributed by atoms with E-state index in [1.54, 1.807) is 10.9 Å². The normalized spacial score (nSPS) is 18.6. The highest BCUT2D eigenvalue weighted by atomic mass is 16.3. The average Bonchev–Trinajstić information content (AvgIpc) is 3.16. The summed E-state index contributed by atoms with van der Waals surface area (Å²) in [5.74, 6) is 1.07. The first-order valence-electron chi connectivity index (χ1n) is 7.04. The predicted molar refractivity (Wildman–Crippen MR) is 73.9 cm³/mol. The number of nitrogens with zero attached hydrogens (tertiary/aromatic N) is 3. The van der Waals surface area contributed by atoms with Crippen molar-refractivity contribution in [3.8, 4) is 0 Å². The molecule has 1 fully saturated rings. The fourth-order valence-corrected chi connectivity index (χ4v) is 2.85. The zero-order valence-electron chi connectivity index (χ0n) is 11.7. The van der Waals surface area contributed by atoms with Crippen LogP contribution in [0.25, 0.3) is 0 Å². The second-order valence-electron chi connectivity index (χ2n) is 5.27. The smallest absolute Gasteiger partial charge is 0.223 e. The Labute approximate surface area is 118 Å². The Morgan fingerprint density at radius 3 is 3.15 bits per heavy atom. The van der Waals surface area contributed by atoms with Gasteiger partial charge < -0.3 is 9.32 Å². The third-order valence-electron chi connectivity index (χ3n) is 3.85. The van der Waals surface area contributed by atoms with Crippen LogP contribution in [0.1, 0.15) is 36.6 Å². The van der Waals surface area contributed by atoms with Crippen molar-refractivity contribution in [2.45, 2.75) is 31.7 Å². The molecule has 0 N–H and O–H groups in total. The first kappa shape index (κ1) is 13.0. The lowest BCUT2D eigenvalue weighted by Crippen LogP contribution is -2.30. The van der Waals surface area contributed by atoms with Gasteiger partial charge in [0, 0.05) is 38.2 Å². The van der Waals surface area contributed by atoms with Gasteiger partial charge in [0.25, 0.3) is 0 Å². The van der Waals surface area contributed by atoms with Gasteiger partial charge >= 0.3 is 0 Å². The van der Waals surface area contributed by atoms with Crippen molar-refractivity contribution < 1.29 is 9.21 Å². The van der Waals surface area contributed by atoms with Crippen LogP contribution in [0, 0.1) is 0 Å². The fraction of sp³-hybridized carbons (Fsp3) is 0.467. The molecule has 20 heavy (non-hydrogen) atoms. The summed E-state index contributed by atoms with van der Waals surface area (Å²) in [5.41, 5.74) is 1.14. The summed E-state index contributed by atoms with van der Waals surface area (Å²) >= 11 is 0. The lowest BCUT2D eigenvalue weighted by molar-refractivity contribution is -0.132. The van der Waals surface area contributed by atoms with Crippen molar-refractivity contribution in [2.75, 3.05) is 6.54 Å². The maximum Gasteiger partial charge on any atom is 0.223 e. The predicted octanol–water partition coefficient (Wildman–Crippen LogP) is 2.31. The van der Waals surface area contributed by atoms with E-state index in [1.165, 1.54) is 0 Å². The highest BCUT2D eigenvalue weighted by Crippen LogP contribution is 2.32. The molecule has 106 valence electrons. The Balaban J connectivity index is 1.64. The van der Waals surface area contributed by atoms with Crippen molar-refractivity contribution >= 4 is 5.91 Å². The minimum atomic E-state index is 0.188. The van der Waals surface area contributed by atoms with Crippen molar-refractivity contribution in [1.82, 2.24) is 14.7 Å². The number of hydrogen-bond donors (Lipinski definition) is 0. The molecule has 5 nitrogen and oxygen atoms in total. The Kier molecular flexibility index (Phi) is 3.58. The molecular formula is C15H19N3O2. The van der Waals surface area contributed by atoms with Crippen molar-refractivity contribution in [3.05, 3.63) is 42.1 Å². The topological polar surface area (TPSA) is 51.3 Å². The van der Waals surface area contributed by atoms with Gasteiger partial charge in [0.1, 0.15) is 5.76 Å². The van der Waals surface area contributed by atoms with E-state index in [9.17, 15) is 4.79 Å². The second kappa shape index (κ2) is 5.53. The molecule has 0 saturated carbocycles. The van der Waals surface area contributed by atoms with Crippen LogP contribution in [-0.2, 0) is 18.3 Å². The van der Waals surface area contributed by atoms with Crippen LogP contribution < -0.4 is 0 Å². The van der Waals surface area contributed by atoms with E-state index < -0.39 is 0 Å². The molecule has 0 spiro atoms. The summed E-state index contributed by atoms with van der Waals surface area (Å²) in [6.45, 7) is 0.844. The largest absolute Gasteiger partial charge is 0.469 e. The highest BCUT2D eigenvalue weighted by molar-refractivity contribution is 5.77. The summed E-state index contributed by atoms with van der Waals surface area (Å²) in [5, 5.41) is 4.21. The fourth-order valence-electron chi connectivity index (χ4n) is 2.85. The number of aromatic nitrogens is 2. The van der Waals surface area contributed by atoms with Crippen molar-refractivity contribution in [1.29, 1.82) is 0 Å². The van der Waals surface area contributed by atoms with Gasteiger partial charge in [-0.15, -0.1) is 0 Å². The zero-order chi connectivity index (χ0) is 13.9. The van der Waals surface area contributed by atoms with Crippen LogP contribution in [0.4, 0.5) is 0 Å². The molecule has 2 aromatic heterocycles. The van der Waals surface area contributed by atoms with Crippen LogP contribution in [0.5, 0.6) is 0 Å². The molecule has 0 radical (unpaired) electrons. The Hall–Kier alpha value is -2.04. The van der Waals surface area contributed by atoms with E-state index in [2.05, 4.69) is 5.10 Å². The Morgan fingerprint density at radius 1 is 1.55 bits per heavy atom. The summed E-state index contributed by atoms with van der Waals surface area (Å²) in [6, 6.07) is 3.96. The summed E-state index contributed by atoms with van der Waals surface area (Å²) in [6.07, 6.45) is 8.77. The van der Waals surface area contributed by atoms with Gasteiger partial charge in [-0.1, -0.05) is 0 Å². The van der Waals surface area contributed by atoms with Gasteiger partial charge in [-0.05, 0) is 25.0 Å². The first-order valence-corrected chi connectivity index (χ1v) is 7.04. The molecule has 3 rings (SSSR count). The number of carbonyl (C=O) groups is 1. The number of likely N-dealkylation sites (tertiary alicyclic amines) is 1. The molecule has 0 aliphatic carbocycles. The zero-order valence-corrected chi connectivity index (χ0v) is 11.7. The molecule has 1 aliphatic rings. The summed E-state index contributed by atoms with van der Waals surface area (Å²) in [4.78, 5) is 14.4. The van der Waals surface area contributed by atoms with Gasteiger partial charge in [-0.3, -0.25) is 9.48 Å². The van der Waals surface area contributed by atoms with Gasteiger partial charge in [0.05, 0.1) is 18.5 Å². The van der Waals surface area contributed by atoms with Gasteiger partial charge in [0.2, 0.25) is 5.91 Å². The molecule has 1 saturated heterocycles.